The van der Waals surface area contributed by atoms with E-state index in [1.807, 2.05) is 6.07 Å². The van der Waals surface area contributed by atoms with Crippen LogP contribution in [0.4, 0.5) is 11.4 Å². The highest BCUT2D eigenvalue weighted by Gasteiger charge is 2.03. The fourth-order valence-corrected chi connectivity index (χ4v) is 1.54. The molecule has 0 spiro atoms. The highest BCUT2D eigenvalue weighted by atomic mass is 32.2. The molecule has 1 unspecified atom stereocenters. The second kappa shape index (κ2) is 5.37. The van der Waals surface area contributed by atoms with Gasteiger partial charge in [0.1, 0.15) is 6.07 Å². The lowest BCUT2D eigenvalue weighted by atomic mass is 10.1. The molecule has 1 aromatic rings. The monoisotopic (exact) mass is 223 g/mol. The first-order chi connectivity index (χ1) is 7.15. The molecule has 3 N–H and O–H groups in total. The number of hydrogen-bond acceptors (Lipinski definition) is 4. The van der Waals surface area contributed by atoms with Gasteiger partial charge >= 0.3 is 0 Å². The van der Waals surface area contributed by atoms with Crippen molar-refractivity contribution in [2.45, 2.75) is 0 Å². The fraction of sp³-hybridized carbons (Fsp3) is 0.300. The molecule has 1 rings (SSSR count). The van der Waals surface area contributed by atoms with E-state index >= 15 is 0 Å². The minimum Gasteiger partial charge on any atom is -0.396 e. The maximum Gasteiger partial charge on any atom is 0.101 e. The molecule has 0 heterocycles. The van der Waals surface area contributed by atoms with Crippen molar-refractivity contribution in [3.05, 3.63) is 23.8 Å². The molecule has 0 aromatic heterocycles. The highest BCUT2D eigenvalue weighted by molar-refractivity contribution is 7.84. The molecule has 0 saturated heterocycles. The SMILES string of the molecule is CS(=O)CCNc1cccc(C#N)c1N. The molecule has 1 atom stereocenters. The third kappa shape index (κ3) is 3.26. The summed E-state index contributed by atoms with van der Waals surface area (Å²) in [5, 5.41) is 11.8. The van der Waals surface area contributed by atoms with E-state index in [1.165, 1.54) is 0 Å². The van der Waals surface area contributed by atoms with Crippen LogP contribution in [0.5, 0.6) is 0 Å². The first-order valence-electron chi connectivity index (χ1n) is 4.47. The van der Waals surface area contributed by atoms with E-state index in [9.17, 15) is 4.21 Å². The fourth-order valence-electron chi connectivity index (χ4n) is 1.15. The van der Waals surface area contributed by atoms with Crippen molar-refractivity contribution in [3.63, 3.8) is 0 Å². The maximum absolute atomic E-state index is 10.8. The van der Waals surface area contributed by atoms with Gasteiger partial charge in [0.05, 0.1) is 16.9 Å². The lowest BCUT2D eigenvalue weighted by molar-refractivity contribution is 0.687. The molecule has 5 heteroatoms. The summed E-state index contributed by atoms with van der Waals surface area (Å²) < 4.78 is 10.8. The number of hydrogen-bond donors (Lipinski definition) is 2. The average Bonchev–Trinajstić information content (AvgIpc) is 2.20. The van der Waals surface area contributed by atoms with E-state index in [0.29, 0.717) is 23.5 Å². The molecule has 0 saturated carbocycles. The predicted octanol–water partition coefficient (Wildman–Crippen LogP) is 0.931. The Hall–Kier alpha value is -1.54. The molecule has 0 aliphatic heterocycles. The summed E-state index contributed by atoms with van der Waals surface area (Å²) in [6.45, 7) is 0.586. The van der Waals surface area contributed by atoms with Crippen LogP contribution >= 0.6 is 0 Å². The van der Waals surface area contributed by atoms with Gasteiger partial charge in [-0.15, -0.1) is 0 Å². The van der Waals surface area contributed by atoms with Crippen molar-refractivity contribution in [2.24, 2.45) is 0 Å². The minimum atomic E-state index is -0.821. The average molecular weight is 223 g/mol. The van der Waals surface area contributed by atoms with Crippen molar-refractivity contribution >= 4 is 22.2 Å². The van der Waals surface area contributed by atoms with E-state index in [2.05, 4.69) is 5.32 Å². The third-order valence-electron chi connectivity index (χ3n) is 1.93. The number of nitrogens with two attached hydrogens (primary N) is 1. The Kier molecular flexibility index (Phi) is 4.13. The van der Waals surface area contributed by atoms with Gasteiger partial charge < -0.3 is 11.1 Å². The van der Waals surface area contributed by atoms with Gasteiger partial charge in [0.2, 0.25) is 0 Å². The van der Waals surface area contributed by atoms with Crippen molar-refractivity contribution < 1.29 is 4.21 Å². The van der Waals surface area contributed by atoms with Gasteiger partial charge in [-0.05, 0) is 12.1 Å². The zero-order chi connectivity index (χ0) is 11.3. The number of nitrogens with zero attached hydrogens (tertiary/aromatic N) is 1. The number of nitrogens with one attached hydrogen (secondary N) is 1. The summed E-state index contributed by atoms with van der Waals surface area (Å²) in [5.74, 6) is 0.566. The molecule has 4 nitrogen and oxygen atoms in total. The second-order valence-electron chi connectivity index (χ2n) is 3.08. The topological polar surface area (TPSA) is 78.9 Å². The summed E-state index contributed by atoms with van der Waals surface area (Å²) in [6.07, 6.45) is 1.65. The molecule has 1 aromatic carbocycles. The molecule has 80 valence electrons. The smallest absolute Gasteiger partial charge is 0.101 e. The number of rotatable bonds is 4. The summed E-state index contributed by atoms with van der Waals surface area (Å²) in [7, 11) is -0.821. The zero-order valence-corrected chi connectivity index (χ0v) is 9.30. The molecule has 15 heavy (non-hydrogen) atoms. The van der Waals surface area contributed by atoms with Crippen molar-refractivity contribution in [2.75, 3.05) is 29.6 Å². The minimum absolute atomic E-state index is 0.446. The van der Waals surface area contributed by atoms with Crippen LogP contribution in [0.3, 0.4) is 0 Å². The predicted molar refractivity (Wildman–Crippen MR) is 63.0 cm³/mol. The number of para-hydroxylation sites is 1. The molecule has 0 amide bonds. The Morgan fingerprint density at radius 3 is 2.93 bits per heavy atom. The number of benzene rings is 1. The molecule has 0 bridgehead atoms. The Morgan fingerprint density at radius 1 is 1.60 bits per heavy atom. The highest BCUT2D eigenvalue weighted by Crippen LogP contribution is 2.21. The maximum atomic E-state index is 10.8. The van der Waals surface area contributed by atoms with E-state index in [-0.39, 0.29) is 0 Å². The lowest BCUT2D eigenvalue weighted by Crippen LogP contribution is -2.11. The van der Waals surface area contributed by atoms with E-state index in [1.54, 1.807) is 24.5 Å². The Morgan fingerprint density at radius 2 is 2.33 bits per heavy atom. The van der Waals surface area contributed by atoms with E-state index in [0.717, 1.165) is 5.69 Å². The molecular weight excluding hydrogens is 210 g/mol. The van der Waals surface area contributed by atoms with Gasteiger partial charge in [-0.3, -0.25) is 4.21 Å². The Bertz CT molecular complexity index is 412. The van der Waals surface area contributed by atoms with Crippen LogP contribution in [-0.4, -0.2) is 22.8 Å². The van der Waals surface area contributed by atoms with Crippen LogP contribution in [0.2, 0.25) is 0 Å². The Labute approximate surface area is 91.5 Å². The van der Waals surface area contributed by atoms with Crippen LogP contribution in [0.1, 0.15) is 5.56 Å². The normalized spacial score (nSPS) is 11.7. The summed E-state index contributed by atoms with van der Waals surface area (Å²) in [6, 6.07) is 7.24. The van der Waals surface area contributed by atoms with E-state index < -0.39 is 10.8 Å². The van der Waals surface area contributed by atoms with Crippen LogP contribution in [0.15, 0.2) is 18.2 Å². The molecule has 0 aliphatic rings. The van der Waals surface area contributed by atoms with Gasteiger partial charge in [0.25, 0.3) is 0 Å². The van der Waals surface area contributed by atoms with Crippen LogP contribution < -0.4 is 11.1 Å². The van der Waals surface area contributed by atoms with Crippen LogP contribution in [0, 0.1) is 11.3 Å². The molecule has 0 aliphatic carbocycles. The van der Waals surface area contributed by atoms with Crippen molar-refractivity contribution in [1.29, 1.82) is 5.26 Å². The van der Waals surface area contributed by atoms with E-state index in [4.69, 9.17) is 11.0 Å². The lowest BCUT2D eigenvalue weighted by Gasteiger charge is -2.08. The van der Waals surface area contributed by atoms with Crippen molar-refractivity contribution in [3.8, 4) is 6.07 Å². The summed E-state index contributed by atoms with van der Waals surface area (Å²) >= 11 is 0. The molecule has 0 fully saturated rings. The second-order valence-corrected chi connectivity index (χ2v) is 4.64. The van der Waals surface area contributed by atoms with Crippen molar-refractivity contribution in [1.82, 2.24) is 0 Å². The third-order valence-corrected chi connectivity index (χ3v) is 2.71. The summed E-state index contributed by atoms with van der Waals surface area (Å²) in [5.41, 5.74) is 7.37. The van der Waals surface area contributed by atoms with Gasteiger partial charge in [-0.2, -0.15) is 5.26 Å². The van der Waals surface area contributed by atoms with Crippen LogP contribution in [-0.2, 0) is 10.8 Å². The first kappa shape index (κ1) is 11.5. The first-order valence-corrected chi connectivity index (χ1v) is 6.20. The number of nitrogen functional groups attached to an aromatic ring is 1. The summed E-state index contributed by atoms with van der Waals surface area (Å²) in [4.78, 5) is 0. The van der Waals surface area contributed by atoms with Gasteiger partial charge in [0, 0.05) is 29.4 Å². The molecular formula is C10H13N3OS. The van der Waals surface area contributed by atoms with Gasteiger partial charge in [-0.1, -0.05) is 6.07 Å². The molecule has 0 radical (unpaired) electrons. The van der Waals surface area contributed by atoms with Gasteiger partial charge in [0.15, 0.2) is 0 Å². The number of nitriles is 1. The standard InChI is InChI=1S/C10H13N3OS/c1-15(14)6-5-13-9-4-2-3-8(7-11)10(9)12/h2-4,13H,5-6,12H2,1H3. The quantitative estimate of drug-likeness (QED) is 0.744. The Balaban J connectivity index is 2.70. The van der Waals surface area contributed by atoms with Gasteiger partial charge in [-0.25, -0.2) is 0 Å². The largest absolute Gasteiger partial charge is 0.396 e. The number of anilines is 2. The van der Waals surface area contributed by atoms with Crippen LogP contribution in [0.25, 0.3) is 0 Å². The zero-order valence-electron chi connectivity index (χ0n) is 8.49.